The van der Waals surface area contributed by atoms with Gasteiger partial charge in [-0.2, -0.15) is 0 Å². The molecule has 1 heterocycles. The fraction of sp³-hybridized carbons (Fsp3) is 0.842. The molecule has 10 heteroatoms. The molecule has 1 N–H and O–H groups in total. The summed E-state index contributed by atoms with van der Waals surface area (Å²) in [4.78, 5) is 36.1. The van der Waals surface area contributed by atoms with Gasteiger partial charge in [0.05, 0.1) is 38.8 Å². The maximum Gasteiger partial charge on any atom is 0.332 e. The molecule has 0 aromatic rings. The van der Waals surface area contributed by atoms with Gasteiger partial charge in [0.1, 0.15) is 0 Å². The highest BCUT2D eigenvalue weighted by molar-refractivity contribution is 7.54. The van der Waals surface area contributed by atoms with Crippen LogP contribution in [0, 0.1) is 17.3 Å². The van der Waals surface area contributed by atoms with Crippen LogP contribution in [0.15, 0.2) is 0 Å². The van der Waals surface area contributed by atoms with Crippen molar-refractivity contribution in [3.05, 3.63) is 0 Å². The molecule has 168 valence electrons. The Labute approximate surface area is 172 Å². The molecule has 1 fully saturated rings. The van der Waals surface area contributed by atoms with E-state index in [-0.39, 0.29) is 38.3 Å². The molecule has 1 amide bonds. The summed E-state index contributed by atoms with van der Waals surface area (Å²) in [6.45, 7) is 9.46. The lowest BCUT2D eigenvalue weighted by Gasteiger charge is -2.41. The van der Waals surface area contributed by atoms with Crippen LogP contribution in [0.4, 0.5) is 0 Å². The molecule has 3 atom stereocenters. The monoisotopic (exact) mass is 435 g/mol. The minimum absolute atomic E-state index is 0.0167. The van der Waals surface area contributed by atoms with Crippen molar-refractivity contribution in [1.82, 2.24) is 5.32 Å². The maximum absolute atomic E-state index is 13.3. The quantitative estimate of drug-likeness (QED) is 0.411. The molecule has 1 saturated heterocycles. The molecule has 1 aliphatic rings. The summed E-state index contributed by atoms with van der Waals surface area (Å²) in [5, 5.41) is 2.61. The van der Waals surface area contributed by atoms with E-state index in [0.717, 1.165) is 0 Å². The van der Waals surface area contributed by atoms with Crippen LogP contribution >= 0.6 is 7.60 Å². The smallest absolute Gasteiger partial charge is 0.332 e. The van der Waals surface area contributed by atoms with E-state index in [1.54, 1.807) is 20.8 Å². The summed E-state index contributed by atoms with van der Waals surface area (Å²) in [6, 6.07) is 0. The molecule has 0 bridgehead atoms. The molecular weight excluding hydrogens is 401 g/mol. The zero-order chi connectivity index (χ0) is 22.2. The molecule has 0 saturated carbocycles. The number of carbonyl (C=O) groups excluding carboxylic acids is 3. The second-order valence-corrected chi connectivity index (χ2v) is 10.3. The average molecular weight is 435 g/mol. The normalized spacial score (nSPS) is 24.6. The number of rotatable bonds is 10. The molecule has 0 spiro atoms. The second-order valence-electron chi connectivity index (χ2n) is 8.24. The standard InChI is InChI=1S/C19H34NO8P/c1-7-26-18(23)14(10-13(2)3)11-29(24)27-12-19(4,5)16(28-29)17(22)20-9-8-15(21)25-6/h13-14,16H,7-12H2,1-6H3,(H,20,22)/t14-,16+,29?/m1/s1. The van der Waals surface area contributed by atoms with Gasteiger partial charge in [0.15, 0.2) is 6.10 Å². The van der Waals surface area contributed by atoms with Crippen molar-refractivity contribution >= 4 is 25.4 Å². The SMILES string of the molecule is CCOC(=O)[C@H](CC(C)C)CP1(=O)OCC(C)(C)[C@H](C(=O)NCCC(=O)OC)O1. The van der Waals surface area contributed by atoms with E-state index in [0.29, 0.717) is 6.42 Å². The fourth-order valence-electron chi connectivity index (χ4n) is 3.00. The highest BCUT2D eigenvalue weighted by Crippen LogP contribution is 2.57. The molecule has 0 aromatic heterocycles. The summed E-state index contributed by atoms with van der Waals surface area (Å²) in [5.41, 5.74) is -0.735. The van der Waals surface area contributed by atoms with E-state index >= 15 is 0 Å². The molecule has 29 heavy (non-hydrogen) atoms. The molecule has 1 aliphatic heterocycles. The maximum atomic E-state index is 13.3. The first-order chi connectivity index (χ1) is 13.4. The van der Waals surface area contributed by atoms with Gasteiger partial charge < -0.3 is 19.3 Å². The molecule has 9 nitrogen and oxygen atoms in total. The second kappa shape index (κ2) is 11.1. The van der Waals surface area contributed by atoms with Gasteiger partial charge in [-0.3, -0.25) is 23.5 Å². The number of amides is 1. The highest BCUT2D eigenvalue weighted by Gasteiger charge is 2.49. The summed E-state index contributed by atoms with van der Waals surface area (Å²) in [6.07, 6.45) is -0.703. The Bertz CT molecular complexity index is 634. The van der Waals surface area contributed by atoms with Crippen LogP contribution in [0.2, 0.25) is 0 Å². The van der Waals surface area contributed by atoms with Gasteiger partial charge in [-0.25, -0.2) is 0 Å². The minimum Gasteiger partial charge on any atom is -0.469 e. The van der Waals surface area contributed by atoms with Crippen LogP contribution in [-0.2, 0) is 37.5 Å². The minimum atomic E-state index is -3.70. The van der Waals surface area contributed by atoms with Crippen molar-refractivity contribution in [3.63, 3.8) is 0 Å². The average Bonchev–Trinajstić information content (AvgIpc) is 2.63. The van der Waals surface area contributed by atoms with Crippen LogP contribution in [0.25, 0.3) is 0 Å². The predicted octanol–water partition coefficient (Wildman–Crippen LogP) is 2.53. The summed E-state index contributed by atoms with van der Waals surface area (Å²) >= 11 is 0. The van der Waals surface area contributed by atoms with E-state index in [1.807, 2.05) is 13.8 Å². The molecule has 1 unspecified atom stereocenters. The van der Waals surface area contributed by atoms with Crippen LogP contribution in [0.1, 0.15) is 47.5 Å². The molecular formula is C19H34NO8P. The van der Waals surface area contributed by atoms with Gasteiger partial charge in [-0.1, -0.05) is 27.7 Å². The number of hydrogen-bond donors (Lipinski definition) is 1. The summed E-state index contributed by atoms with van der Waals surface area (Å²) in [5.74, 6) is -1.86. The number of hydrogen-bond acceptors (Lipinski definition) is 8. The van der Waals surface area contributed by atoms with Crippen molar-refractivity contribution in [2.45, 2.75) is 53.6 Å². The van der Waals surface area contributed by atoms with Crippen molar-refractivity contribution < 1.29 is 37.5 Å². The number of nitrogens with one attached hydrogen (secondary N) is 1. The first kappa shape index (κ1) is 25.6. The lowest BCUT2D eigenvalue weighted by atomic mass is 9.87. The van der Waals surface area contributed by atoms with Gasteiger partial charge in [-0.05, 0) is 19.3 Å². The van der Waals surface area contributed by atoms with Crippen LogP contribution in [-0.4, -0.2) is 57.0 Å². The van der Waals surface area contributed by atoms with Gasteiger partial charge in [0.2, 0.25) is 5.91 Å². The number of methoxy groups -OCH3 is 1. The first-order valence-electron chi connectivity index (χ1n) is 9.87. The topological polar surface area (TPSA) is 117 Å². The molecule has 0 aliphatic carbocycles. The lowest BCUT2D eigenvalue weighted by Crippen LogP contribution is -2.50. The van der Waals surface area contributed by atoms with Gasteiger partial charge in [-0.15, -0.1) is 0 Å². The largest absolute Gasteiger partial charge is 0.469 e. The van der Waals surface area contributed by atoms with E-state index in [1.165, 1.54) is 7.11 Å². The summed E-state index contributed by atoms with van der Waals surface area (Å²) in [7, 11) is -2.44. The fourth-order valence-corrected chi connectivity index (χ4v) is 5.32. The van der Waals surface area contributed by atoms with Crippen molar-refractivity contribution in [2.75, 3.05) is 33.0 Å². The predicted molar refractivity (Wildman–Crippen MR) is 106 cm³/mol. The van der Waals surface area contributed by atoms with E-state index in [9.17, 15) is 18.9 Å². The molecule has 1 rings (SSSR count). The Hall–Kier alpha value is -1.44. The number of ether oxygens (including phenoxy) is 2. The molecule has 0 aromatic carbocycles. The lowest BCUT2D eigenvalue weighted by molar-refractivity contribution is -0.148. The summed E-state index contributed by atoms with van der Waals surface area (Å²) < 4.78 is 34.1. The van der Waals surface area contributed by atoms with Gasteiger partial charge >= 0.3 is 19.5 Å². The van der Waals surface area contributed by atoms with E-state index < -0.39 is 42.9 Å². The van der Waals surface area contributed by atoms with E-state index in [4.69, 9.17) is 13.8 Å². The third-order valence-electron chi connectivity index (χ3n) is 4.52. The van der Waals surface area contributed by atoms with Crippen molar-refractivity contribution in [2.24, 2.45) is 17.3 Å². The molecule has 0 radical (unpaired) electrons. The van der Waals surface area contributed by atoms with Crippen molar-refractivity contribution in [3.8, 4) is 0 Å². The third-order valence-corrected chi connectivity index (χ3v) is 6.47. The Morgan fingerprint density at radius 1 is 1.28 bits per heavy atom. The third kappa shape index (κ3) is 8.07. The Balaban J connectivity index is 2.88. The van der Waals surface area contributed by atoms with Crippen molar-refractivity contribution in [1.29, 1.82) is 0 Å². The zero-order valence-corrected chi connectivity index (χ0v) is 19.1. The zero-order valence-electron chi connectivity index (χ0n) is 18.2. The first-order valence-corrected chi connectivity index (χ1v) is 11.6. The van der Waals surface area contributed by atoms with Crippen LogP contribution < -0.4 is 5.32 Å². The van der Waals surface area contributed by atoms with Crippen LogP contribution in [0.5, 0.6) is 0 Å². The number of carbonyl (C=O) groups is 3. The van der Waals surface area contributed by atoms with E-state index in [2.05, 4.69) is 10.1 Å². The Morgan fingerprint density at radius 3 is 2.48 bits per heavy atom. The number of esters is 2. The van der Waals surface area contributed by atoms with Crippen LogP contribution in [0.3, 0.4) is 0 Å². The van der Waals surface area contributed by atoms with Gasteiger partial charge in [0, 0.05) is 12.0 Å². The Kier molecular flexibility index (Phi) is 9.79. The Morgan fingerprint density at radius 2 is 1.93 bits per heavy atom. The van der Waals surface area contributed by atoms with Gasteiger partial charge in [0.25, 0.3) is 0 Å². The highest BCUT2D eigenvalue weighted by atomic mass is 31.2.